The highest BCUT2D eigenvalue weighted by Crippen LogP contribution is 2.55. The highest BCUT2D eigenvalue weighted by molar-refractivity contribution is 8.08. The van der Waals surface area contributed by atoms with Crippen LogP contribution < -0.4 is 22.9 Å². The molecule has 4 saturated heterocycles. The molecule has 18 N–H and O–H groups in total. The lowest BCUT2D eigenvalue weighted by Crippen LogP contribution is -2.37. The Morgan fingerprint density at radius 1 is 0.371 bits per heavy atom. The predicted molar refractivity (Wildman–Crippen MR) is 311 cm³/mol. The van der Waals surface area contributed by atoms with Gasteiger partial charge in [-0.3, -0.25) is 31.8 Å². The van der Waals surface area contributed by atoms with Crippen LogP contribution in [0.5, 0.6) is 0 Å². The highest BCUT2D eigenvalue weighted by atomic mass is 32.5. The van der Waals surface area contributed by atoms with E-state index in [9.17, 15) is 50.0 Å². The molecule has 49 heteroatoms. The first-order chi connectivity index (χ1) is 42.2. The Balaban J connectivity index is 0.751. The van der Waals surface area contributed by atoms with Crippen LogP contribution in [0.2, 0.25) is 0 Å². The largest absolute Gasteiger partial charge is 0.387 e. The first-order valence-corrected chi connectivity index (χ1v) is 36.0. The molecule has 0 aliphatic carbocycles. The lowest BCUT2D eigenvalue weighted by molar-refractivity contribution is -0.0598. The average Bonchev–Trinajstić information content (AvgIpc) is 1.70. The normalized spacial score (nSPS) is 31.3. The fourth-order valence-corrected chi connectivity index (χ4v) is 14.9. The molecule has 0 amide bonds. The second-order valence-electron chi connectivity index (χ2n) is 19.8. The summed E-state index contributed by atoms with van der Waals surface area (Å²) in [6, 6.07) is 0. The zero-order chi connectivity index (χ0) is 63.2. The lowest BCUT2D eigenvalue weighted by atomic mass is 10.1. The number of ether oxygens (including phenoxy) is 4. The van der Waals surface area contributed by atoms with Crippen molar-refractivity contribution in [3.8, 4) is 0 Å². The van der Waals surface area contributed by atoms with Gasteiger partial charge in [-0.05, 0) is 47.2 Å². The maximum atomic E-state index is 12.0. The fraction of sp³-hybridized carbons (Fsp3) is 0.500. The predicted octanol–water partition coefficient (Wildman–Crippen LogP) is -3.85. The summed E-state index contributed by atoms with van der Waals surface area (Å²) < 4.78 is 69.5. The molecule has 4 aliphatic heterocycles. The molecule has 7 unspecified atom stereocenters. The molecule has 0 bridgehead atoms. The topological polar surface area (TPSA) is 582 Å². The van der Waals surface area contributed by atoms with E-state index in [1.807, 2.05) is 0 Å². The van der Waals surface area contributed by atoms with Crippen molar-refractivity contribution in [3.05, 3.63) is 50.6 Å². The van der Waals surface area contributed by atoms with Crippen molar-refractivity contribution >= 4 is 142 Å². The number of imidazole rings is 4. The number of fused-ring (bicyclic) bond motifs is 4. The summed E-state index contributed by atoms with van der Waals surface area (Å²) in [4.78, 5) is 104. The zero-order valence-electron chi connectivity index (χ0n) is 44.5. The van der Waals surface area contributed by atoms with Crippen molar-refractivity contribution in [3.63, 3.8) is 0 Å². The van der Waals surface area contributed by atoms with Crippen molar-refractivity contribution in [2.75, 3.05) is 49.4 Å². The molecule has 0 saturated carbocycles. The summed E-state index contributed by atoms with van der Waals surface area (Å²) in [5.74, 6) is -0.0724. The summed E-state index contributed by atoms with van der Waals surface area (Å²) >= 11 is 20.9. The summed E-state index contributed by atoms with van der Waals surface area (Å²) in [7, 11) is 0. The van der Waals surface area contributed by atoms with E-state index in [4.69, 9.17) is 109 Å². The van der Waals surface area contributed by atoms with Gasteiger partial charge in [0.2, 0.25) is 0 Å². The van der Waals surface area contributed by atoms with Crippen molar-refractivity contribution in [2.24, 2.45) is 0 Å². The first-order valence-electron chi connectivity index (χ1n) is 25.6. The van der Waals surface area contributed by atoms with Gasteiger partial charge in [-0.25, -0.2) is 59.8 Å². The van der Waals surface area contributed by atoms with Gasteiger partial charge in [0.15, 0.2) is 70.8 Å². The van der Waals surface area contributed by atoms with Gasteiger partial charge in [-0.2, -0.15) is 0 Å². The van der Waals surface area contributed by atoms with E-state index in [1.165, 1.54) is 49.9 Å². The number of aliphatic hydroxyl groups is 5. The van der Waals surface area contributed by atoms with Crippen LogP contribution in [0, 0.1) is 0 Å². The third kappa shape index (κ3) is 12.9. The molecule has 8 aromatic rings. The Morgan fingerprint density at radius 2 is 0.629 bits per heavy atom. The van der Waals surface area contributed by atoms with Crippen LogP contribution in [0.1, 0.15) is 24.9 Å². The molecule has 480 valence electrons. The number of rotatable bonds is 22. The smallest absolute Gasteiger partial charge is 0.325 e. The number of aliphatic hydroxyl groups excluding tert-OH is 5. The van der Waals surface area contributed by atoms with Crippen LogP contribution in [0.4, 0.5) is 23.3 Å². The van der Waals surface area contributed by atoms with Crippen LogP contribution in [-0.2, 0) is 97.8 Å². The zero-order valence-corrected chi connectivity index (χ0v) is 51.4. The van der Waals surface area contributed by atoms with E-state index in [0.717, 1.165) is 19.0 Å². The minimum absolute atomic E-state index is 0.0203. The minimum atomic E-state index is -4.70. The van der Waals surface area contributed by atoms with Gasteiger partial charge in [-0.1, -0.05) is 0 Å². The van der Waals surface area contributed by atoms with E-state index in [0.29, 0.717) is 0 Å². The third-order valence-electron chi connectivity index (χ3n) is 14.3. The molecule has 8 aromatic heterocycles. The maximum absolute atomic E-state index is 12.0. The van der Waals surface area contributed by atoms with Gasteiger partial charge in [0.05, 0.1) is 51.7 Å². The lowest BCUT2D eigenvalue weighted by Gasteiger charge is -2.27. The standard InChI is InChI=1S/C40H50N20O21P4S4/c41-29-17-33(49-5-45-29)57(9-53-17)37-25(65)21(61)13(75-37)2-72-83(68,87)80-27-23(63)15(77-39(27)59-11-55-19-31(43)47-7-51-35(19)59)4-74-85(70,89)81-28-24(64)16(78-40(28)60-12-56-20-32(44)48-8-52-36(20)60)3-73-84(69,88)79-26-22(62)14(1-71-82(66,67)86)76-38(26)58-10-54-18-30(42)46-6-50-34(18)58/h5-16,21-28,37-40,61-65H,1-4H2,(H,68,87)(H,69,88)(H,70,89)(H2,41,45,49)(H2,42,46,50)(H2,43,47,51)(H2,44,48,52)(H2,66,67,86)/t13-,14-,15-,16-,21?,22?,23?,24?,25+,26+,27+,28+,37-,38-,39-,40-,83?,84?,85?/m1/s1. The van der Waals surface area contributed by atoms with Crippen LogP contribution in [-0.4, -0.2) is 228 Å². The molecule has 0 aromatic carbocycles. The molecule has 4 aliphatic rings. The average molecular weight is 1400 g/mol. The monoisotopic (exact) mass is 1400 g/mol. The number of hydrogen-bond acceptors (Lipinski definition) is 36. The Hall–Kier alpha value is -4.84. The molecule has 12 rings (SSSR count). The highest BCUT2D eigenvalue weighted by Gasteiger charge is 2.54. The first kappa shape index (κ1) is 64.3. The van der Waals surface area contributed by atoms with E-state index >= 15 is 0 Å². The van der Waals surface area contributed by atoms with Crippen LogP contribution in [0.25, 0.3) is 44.7 Å². The molecule has 4 fully saturated rings. The SMILES string of the molecule is Nc1ncnc2c1ncn2[C@@H]1O[C@H](COP(O)(=S)O[C@H]2C(O)[C@@H](COP(O)(=S)O[C@H]3C(O)[C@@H](COP(O)(=S)O[C@H]4C(O)[C@@H](COP(O)(O)=S)O[C@H]4n4cnc5c(N)ncnc54)O[C@H]3n3cnc4c(N)ncnc43)O[C@H]2n2cnc3c(N)ncnc32)C(O)[C@@H]1O. The molecule has 12 heterocycles. The minimum Gasteiger partial charge on any atom is -0.387 e. The summed E-state index contributed by atoms with van der Waals surface area (Å²) in [6.45, 7) is -21.1. The van der Waals surface area contributed by atoms with Gasteiger partial charge in [-0.15, -0.1) is 0 Å². The number of nitrogens with zero attached hydrogens (tertiary/aromatic N) is 16. The van der Waals surface area contributed by atoms with Gasteiger partial charge < -0.3 is 110 Å². The van der Waals surface area contributed by atoms with E-state index in [1.54, 1.807) is 0 Å². The Labute approximate surface area is 516 Å². The van der Waals surface area contributed by atoms with Gasteiger partial charge in [0, 0.05) is 0 Å². The van der Waals surface area contributed by atoms with E-state index in [-0.39, 0.29) is 67.9 Å². The molecule has 19 atom stereocenters. The van der Waals surface area contributed by atoms with Crippen LogP contribution in [0.3, 0.4) is 0 Å². The second-order valence-corrected chi connectivity index (χ2v) is 30.9. The second kappa shape index (κ2) is 24.9. The van der Waals surface area contributed by atoms with Crippen molar-refractivity contribution < 1.29 is 101 Å². The van der Waals surface area contributed by atoms with Crippen molar-refractivity contribution in [2.45, 2.75) is 98.2 Å². The van der Waals surface area contributed by atoms with Crippen LogP contribution in [0.15, 0.2) is 50.6 Å². The molecular formula is C40H50N20O21P4S4. The Morgan fingerprint density at radius 3 is 0.921 bits per heavy atom. The molecule has 89 heavy (non-hydrogen) atoms. The van der Waals surface area contributed by atoms with Gasteiger partial charge >= 0.3 is 26.9 Å². The maximum Gasteiger partial charge on any atom is 0.325 e. The molecule has 0 radical (unpaired) electrons. The number of aromatic nitrogens is 16. The number of anilines is 4. The quantitative estimate of drug-likeness (QED) is 0.0289. The fourth-order valence-electron chi connectivity index (χ4n) is 10.1. The third-order valence-corrected chi connectivity index (χ3v) is 19.8. The van der Waals surface area contributed by atoms with Crippen molar-refractivity contribution in [1.82, 2.24) is 78.1 Å². The van der Waals surface area contributed by atoms with Gasteiger partial charge in [0.25, 0.3) is 0 Å². The Bertz CT molecular complexity index is 4160. The molecule has 0 spiro atoms. The number of nitrogen functional groups attached to an aromatic ring is 4. The number of hydrogen-bond donors (Lipinski definition) is 14. The summed E-state index contributed by atoms with van der Waals surface area (Å²) in [5.41, 5.74) is 24.9. The van der Waals surface area contributed by atoms with E-state index < -0.39 is 151 Å². The van der Waals surface area contributed by atoms with Crippen molar-refractivity contribution in [1.29, 1.82) is 0 Å². The van der Waals surface area contributed by atoms with Gasteiger partial charge in [0.1, 0.15) is 121 Å². The number of nitrogens with two attached hydrogens (primary N) is 4. The van der Waals surface area contributed by atoms with E-state index in [2.05, 4.69) is 71.6 Å². The molecular weight excluding hydrogens is 1350 g/mol. The summed E-state index contributed by atoms with van der Waals surface area (Å²) in [6.07, 6.45) is -15.9. The Kier molecular flexibility index (Phi) is 18.0. The van der Waals surface area contributed by atoms with Crippen LogP contribution >= 0.6 is 26.9 Å². The summed E-state index contributed by atoms with van der Waals surface area (Å²) in [5, 5.41) is 57.6. The molecule has 41 nitrogen and oxygen atoms in total.